The van der Waals surface area contributed by atoms with Crippen molar-refractivity contribution < 1.29 is 9.59 Å². The number of carbonyl (C=O) groups is 2. The van der Waals surface area contributed by atoms with Crippen molar-refractivity contribution in [2.45, 2.75) is 43.6 Å². The van der Waals surface area contributed by atoms with Crippen molar-refractivity contribution in [3.05, 3.63) is 52.9 Å². The number of Topliss-reactive ketones (excluding diaryl/α,β-unsaturated/α-hetero) is 1. The lowest BCUT2D eigenvalue weighted by Crippen LogP contribution is -2.17. The Bertz CT molecular complexity index is 949. The van der Waals surface area contributed by atoms with Crippen molar-refractivity contribution >= 4 is 34.8 Å². The monoisotopic (exact) mass is 414 g/mol. The zero-order chi connectivity index (χ0) is 20.1. The van der Waals surface area contributed by atoms with Crippen LogP contribution in [0.15, 0.2) is 46.9 Å². The number of carbonyl (C=O) groups excluding carboxylic acids is 2. The Balaban J connectivity index is 1.81. The van der Waals surface area contributed by atoms with Gasteiger partial charge in [0.2, 0.25) is 5.91 Å². The molecule has 2 N–H and O–H groups in total. The van der Waals surface area contributed by atoms with E-state index in [1.807, 2.05) is 53.3 Å². The molecule has 0 aliphatic carbocycles. The van der Waals surface area contributed by atoms with Crippen LogP contribution in [-0.2, 0) is 17.8 Å². The summed E-state index contributed by atoms with van der Waals surface area (Å²) in [6, 6.07) is 11.6. The van der Waals surface area contributed by atoms with Crippen molar-refractivity contribution in [3.63, 3.8) is 0 Å². The molecule has 6 nitrogen and oxygen atoms in total. The number of nitrogens with two attached hydrogens (primary N) is 1. The van der Waals surface area contributed by atoms with Crippen molar-refractivity contribution in [3.8, 4) is 10.7 Å². The number of rotatable bonds is 9. The van der Waals surface area contributed by atoms with Crippen LogP contribution < -0.4 is 5.73 Å². The first-order valence-electron chi connectivity index (χ1n) is 9.04. The van der Waals surface area contributed by atoms with Gasteiger partial charge in [0.1, 0.15) is 0 Å². The van der Waals surface area contributed by atoms with Gasteiger partial charge in [-0.05, 0) is 30.4 Å². The summed E-state index contributed by atoms with van der Waals surface area (Å²) in [7, 11) is 0. The number of ketones is 1. The molecule has 146 valence electrons. The van der Waals surface area contributed by atoms with E-state index in [2.05, 4.69) is 17.1 Å². The van der Waals surface area contributed by atoms with E-state index in [0.717, 1.165) is 11.3 Å². The van der Waals surface area contributed by atoms with Gasteiger partial charge in [-0.15, -0.1) is 21.5 Å². The van der Waals surface area contributed by atoms with Gasteiger partial charge in [-0.1, -0.05) is 49.0 Å². The maximum absolute atomic E-state index is 12.8. The van der Waals surface area contributed by atoms with Gasteiger partial charge in [0.05, 0.1) is 10.1 Å². The molecule has 1 amide bonds. The van der Waals surface area contributed by atoms with Crippen LogP contribution in [-0.4, -0.2) is 31.7 Å². The molecule has 0 radical (unpaired) electrons. The maximum Gasteiger partial charge on any atom is 0.219 e. The summed E-state index contributed by atoms with van der Waals surface area (Å²) in [5.41, 5.74) is 7.20. The molecule has 1 aromatic carbocycles. The van der Waals surface area contributed by atoms with E-state index in [0.29, 0.717) is 23.1 Å². The Morgan fingerprint density at radius 2 is 1.96 bits per heavy atom. The molecule has 1 atom stereocenters. The minimum Gasteiger partial charge on any atom is -0.370 e. The van der Waals surface area contributed by atoms with Crippen molar-refractivity contribution in [1.82, 2.24) is 14.8 Å². The first-order valence-corrected chi connectivity index (χ1v) is 10.8. The highest BCUT2D eigenvalue weighted by Crippen LogP contribution is 2.30. The fraction of sp³-hybridized carbons (Fsp3) is 0.300. The van der Waals surface area contributed by atoms with Gasteiger partial charge in [-0.2, -0.15) is 0 Å². The van der Waals surface area contributed by atoms with Crippen LogP contribution >= 0.6 is 23.1 Å². The molecule has 0 fully saturated rings. The number of thioether (sulfide) groups is 1. The van der Waals surface area contributed by atoms with Crippen LogP contribution in [0.3, 0.4) is 0 Å². The molecule has 8 heteroatoms. The smallest absolute Gasteiger partial charge is 0.219 e. The number of aryl methyl sites for hydroxylation is 1. The van der Waals surface area contributed by atoms with E-state index in [9.17, 15) is 9.59 Å². The predicted molar refractivity (Wildman–Crippen MR) is 113 cm³/mol. The molecular weight excluding hydrogens is 392 g/mol. The SMILES string of the molecule is CCc1ccc(C(=O)C(C)Sc2nnc(-c3cccs3)n2CCC(N)=O)cc1. The summed E-state index contributed by atoms with van der Waals surface area (Å²) >= 11 is 2.89. The molecule has 0 bridgehead atoms. The standard InChI is InChI=1S/C20H22N4O2S2/c1-3-14-6-8-15(9-7-14)18(26)13(2)28-20-23-22-19(16-5-4-12-27-16)24(20)11-10-17(21)25/h4-9,12-13H,3,10-11H2,1-2H3,(H2,21,25). The fourth-order valence-corrected chi connectivity index (χ4v) is 4.41. The summed E-state index contributed by atoms with van der Waals surface area (Å²) in [5, 5.41) is 10.8. The maximum atomic E-state index is 12.8. The largest absolute Gasteiger partial charge is 0.370 e. The lowest BCUT2D eigenvalue weighted by atomic mass is 10.1. The van der Waals surface area contributed by atoms with E-state index >= 15 is 0 Å². The molecule has 0 saturated heterocycles. The molecule has 2 heterocycles. The topological polar surface area (TPSA) is 90.9 Å². The number of thiophene rings is 1. The van der Waals surface area contributed by atoms with Gasteiger partial charge in [0.15, 0.2) is 16.8 Å². The number of amides is 1. The minimum absolute atomic E-state index is 0.0368. The fourth-order valence-electron chi connectivity index (χ4n) is 2.74. The lowest BCUT2D eigenvalue weighted by molar-refractivity contribution is -0.118. The third-order valence-corrected chi connectivity index (χ3v) is 6.28. The first-order chi connectivity index (χ1) is 13.5. The average Bonchev–Trinajstić information content (AvgIpc) is 3.35. The molecule has 3 rings (SSSR count). The molecule has 0 aliphatic heterocycles. The quantitative estimate of drug-likeness (QED) is 0.425. The molecular formula is C20H22N4O2S2. The van der Waals surface area contributed by atoms with Crippen LogP contribution in [0.4, 0.5) is 0 Å². The number of aromatic nitrogens is 3. The lowest BCUT2D eigenvalue weighted by Gasteiger charge is -2.12. The summed E-state index contributed by atoms with van der Waals surface area (Å²) in [6.07, 6.45) is 1.12. The van der Waals surface area contributed by atoms with Crippen LogP contribution in [0, 0.1) is 0 Å². The zero-order valence-corrected chi connectivity index (χ0v) is 17.4. The molecule has 1 unspecified atom stereocenters. The molecule has 2 aromatic heterocycles. The van der Waals surface area contributed by atoms with Gasteiger partial charge in [0, 0.05) is 18.5 Å². The first kappa shape index (κ1) is 20.3. The zero-order valence-electron chi connectivity index (χ0n) is 15.8. The van der Waals surface area contributed by atoms with E-state index in [1.54, 1.807) is 11.3 Å². The second-order valence-electron chi connectivity index (χ2n) is 6.33. The van der Waals surface area contributed by atoms with Crippen LogP contribution in [0.2, 0.25) is 0 Å². The third-order valence-electron chi connectivity index (χ3n) is 4.34. The number of benzene rings is 1. The molecule has 0 aliphatic rings. The second kappa shape index (κ2) is 9.16. The Labute approximate surface area is 172 Å². The van der Waals surface area contributed by atoms with Gasteiger partial charge in [0.25, 0.3) is 0 Å². The van der Waals surface area contributed by atoms with E-state index in [1.165, 1.54) is 17.3 Å². The van der Waals surface area contributed by atoms with Gasteiger partial charge in [-0.3, -0.25) is 9.59 Å². The molecule has 28 heavy (non-hydrogen) atoms. The van der Waals surface area contributed by atoms with Crippen LogP contribution in [0.25, 0.3) is 10.7 Å². The van der Waals surface area contributed by atoms with E-state index < -0.39 is 0 Å². The van der Waals surface area contributed by atoms with Gasteiger partial charge in [-0.25, -0.2) is 0 Å². The Hall–Kier alpha value is -2.45. The number of hydrogen-bond donors (Lipinski definition) is 1. The molecule has 0 spiro atoms. The number of primary amides is 1. The van der Waals surface area contributed by atoms with Crippen LogP contribution in [0.5, 0.6) is 0 Å². The second-order valence-corrected chi connectivity index (χ2v) is 8.58. The molecule has 3 aromatic rings. The summed E-state index contributed by atoms with van der Waals surface area (Å²) in [5.74, 6) is 0.336. The number of nitrogens with zero attached hydrogens (tertiary/aromatic N) is 3. The normalized spacial score (nSPS) is 12.1. The van der Waals surface area contributed by atoms with E-state index in [-0.39, 0.29) is 23.4 Å². The Kier molecular flexibility index (Phi) is 6.64. The molecule has 0 saturated carbocycles. The predicted octanol–water partition coefficient (Wildman–Crippen LogP) is 3.81. The summed E-state index contributed by atoms with van der Waals surface area (Å²) < 4.78 is 1.87. The van der Waals surface area contributed by atoms with Gasteiger partial charge < -0.3 is 10.3 Å². The average molecular weight is 415 g/mol. The highest BCUT2D eigenvalue weighted by atomic mass is 32.2. The van der Waals surface area contributed by atoms with E-state index in [4.69, 9.17) is 5.73 Å². The third kappa shape index (κ3) is 4.69. The van der Waals surface area contributed by atoms with Crippen LogP contribution in [0.1, 0.15) is 36.2 Å². The van der Waals surface area contributed by atoms with Crippen molar-refractivity contribution in [1.29, 1.82) is 0 Å². The number of hydrogen-bond acceptors (Lipinski definition) is 6. The minimum atomic E-state index is -0.387. The Morgan fingerprint density at radius 1 is 1.21 bits per heavy atom. The summed E-state index contributed by atoms with van der Waals surface area (Å²) in [6.45, 7) is 4.32. The highest BCUT2D eigenvalue weighted by molar-refractivity contribution is 8.00. The Morgan fingerprint density at radius 3 is 2.57 bits per heavy atom. The summed E-state index contributed by atoms with van der Waals surface area (Å²) in [4.78, 5) is 25.0. The van der Waals surface area contributed by atoms with Gasteiger partial charge >= 0.3 is 0 Å². The van der Waals surface area contributed by atoms with Crippen molar-refractivity contribution in [2.75, 3.05) is 0 Å². The highest BCUT2D eigenvalue weighted by Gasteiger charge is 2.22. The van der Waals surface area contributed by atoms with Crippen molar-refractivity contribution in [2.24, 2.45) is 5.73 Å².